The number of nitrogens with two attached hydrogens (primary N) is 1. The van der Waals surface area contributed by atoms with E-state index < -0.39 is 0 Å². The Morgan fingerprint density at radius 2 is 2.24 bits per heavy atom. The maximum absolute atomic E-state index is 5.95. The molecule has 4 nitrogen and oxygen atoms in total. The molecule has 0 saturated carbocycles. The topological polar surface area (TPSA) is 41.7 Å². The lowest BCUT2D eigenvalue weighted by atomic mass is 9.93. The van der Waals surface area contributed by atoms with Crippen LogP contribution in [0.25, 0.3) is 0 Å². The highest BCUT2D eigenvalue weighted by molar-refractivity contribution is 4.89. The van der Waals surface area contributed by atoms with E-state index in [-0.39, 0.29) is 0 Å². The number of piperazine rings is 1. The zero-order chi connectivity index (χ0) is 12.3. The average molecular weight is 241 g/mol. The summed E-state index contributed by atoms with van der Waals surface area (Å²) in [5, 5.41) is 0. The fourth-order valence-corrected chi connectivity index (χ4v) is 3.37. The van der Waals surface area contributed by atoms with E-state index in [1.54, 1.807) is 0 Å². The van der Waals surface area contributed by atoms with E-state index in [2.05, 4.69) is 23.8 Å². The molecule has 0 radical (unpaired) electrons. The first-order chi connectivity index (χ1) is 8.26. The fraction of sp³-hybridized carbons (Fsp3) is 1.00. The molecule has 100 valence electrons. The first-order valence-electron chi connectivity index (χ1n) is 6.98. The molecule has 3 atom stereocenters. The predicted molar refractivity (Wildman–Crippen MR) is 70.1 cm³/mol. The van der Waals surface area contributed by atoms with Gasteiger partial charge >= 0.3 is 0 Å². The third-order valence-corrected chi connectivity index (χ3v) is 4.36. The lowest BCUT2D eigenvalue weighted by Gasteiger charge is -2.45. The summed E-state index contributed by atoms with van der Waals surface area (Å²) in [5.74, 6) is 0.720. The largest absolute Gasteiger partial charge is 0.381 e. The minimum Gasteiger partial charge on any atom is -0.381 e. The van der Waals surface area contributed by atoms with Crippen LogP contribution >= 0.6 is 0 Å². The van der Waals surface area contributed by atoms with Gasteiger partial charge in [0.2, 0.25) is 0 Å². The number of nitrogens with zero attached hydrogens (tertiary/aromatic N) is 2. The van der Waals surface area contributed by atoms with E-state index >= 15 is 0 Å². The standard InChI is InChI=1S/C13H27N3O/c1-3-13(11-4-7-17-10-11)16-6-5-15(2)9-12(16)8-14/h11-13H,3-10,14H2,1-2H3. The summed E-state index contributed by atoms with van der Waals surface area (Å²) in [4.78, 5) is 5.05. The third kappa shape index (κ3) is 2.99. The molecule has 0 aromatic heterocycles. The molecule has 3 unspecified atom stereocenters. The van der Waals surface area contributed by atoms with Gasteiger partial charge in [-0.25, -0.2) is 0 Å². The van der Waals surface area contributed by atoms with Crippen LogP contribution in [0.5, 0.6) is 0 Å². The van der Waals surface area contributed by atoms with Crippen molar-refractivity contribution in [1.29, 1.82) is 0 Å². The summed E-state index contributed by atoms with van der Waals surface area (Å²) < 4.78 is 5.55. The maximum atomic E-state index is 5.95. The van der Waals surface area contributed by atoms with Crippen LogP contribution in [-0.4, -0.2) is 68.3 Å². The van der Waals surface area contributed by atoms with Gasteiger partial charge in [0, 0.05) is 44.9 Å². The normalized spacial score (nSPS) is 34.1. The summed E-state index contributed by atoms with van der Waals surface area (Å²) in [6.07, 6.45) is 2.44. The molecule has 0 aromatic carbocycles. The Bertz CT molecular complexity index is 231. The van der Waals surface area contributed by atoms with Gasteiger partial charge in [-0.1, -0.05) is 6.92 Å². The Balaban J connectivity index is 2.01. The van der Waals surface area contributed by atoms with Crippen molar-refractivity contribution in [3.05, 3.63) is 0 Å². The van der Waals surface area contributed by atoms with Gasteiger partial charge in [-0.3, -0.25) is 4.90 Å². The van der Waals surface area contributed by atoms with Crippen molar-refractivity contribution in [1.82, 2.24) is 9.80 Å². The van der Waals surface area contributed by atoms with Crippen molar-refractivity contribution in [3.63, 3.8) is 0 Å². The second-order valence-electron chi connectivity index (χ2n) is 5.49. The monoisotopic (exact) mass is 241 g/mol. The molecule has 2 aliphatic rings. The molecule has 0 aromatic rings. The SMILES string of the molecule is CCC(C1CCOC1)N1CCN(C)CC1CN. The van der Waals surface area contributed by atoms with Gasteiger partial charge in [0.25, 0.3) is 0 Å². The quantitative estimate of drug-likeness (QED) is 0.772. The molecule has 2 saturated heterocycles. The van der Waals surface area contributed by atoms with Gasteiger partial charge in [0.15, 0.2) is 0 Å². The number of ether oxygens (including phenoxy) is 1. The second kappa shape index (κ2) is 6.14. The zero-order valence-corrected chi connectivity index (χ0v) is 11.3. The van der Waals surface area contributed by atoms with Crippen molar-refractivity contribution in [2.24, 2.45) is 11.7 Å². The molecule has 4 heteroatoms. The first kappa shape index (κ1) is 13.3. The molecular weight excluding hydrogens is 214 g/mol. The Morgan fingerprint density at radius 1 is 1.41 bits per heavy atom. The van der Waals surface area contributed by atoms with Crippen molar-refractivity contribution in [3.8, 4) is 0 Å². The van der Waals surface area contributed by atoms with Crippen molar-refractivity contribution in [2.75, 3.05) is 46.4 Å². The molecule has 2 aliphatic heterocycles. The van der Waals surface area contributed by atoms with Gasteiger partial charge in [-0.15, -0.1) is 0 Å². The molecule has 2 fully saturated rings. The van der Waals surface area contributed by atoms with Crippen LogP contribution in [0, 0.1) is 5.92 Å². The van der Waals surface area contributed by atoms with Crippen molar-refractivity contribution >= 4 is 0 Å². The van der Waals surface area contributed by atoms with Crippen LogP contribution in [0.2, 0.25) is 0 Å². The molecule has 0 bridgehead atoms. The van der Waals surface area contributed by atoms with Crippen molar-refractivity contribution < 1.29 is 4.74 Å². The predicted octanol–water partition coefficient (Wildman–Crippen LogP) is 0.376. The molecule has 2 N–H and O–H groups in total. The molecule has 0 aliphatic carbocycles. The van der Waals surface area contributed by atoms with Gasteiger partial charge in [0.05, 0.1) is 6.61 Å². The number of likely N-dealkylation sites (N-methyl/N-ethyl adjacent to an activating group) is 1. The molecule has 17 heavy (non-hydrogen) atoms. The highest BCUT2D eigenvalue weighted by Gasteiger charge is 2.34. The Labute approximate surface area is 105 Å². The third-order valence-electron chi connectivity index (χ3n) is 4.36. The smallest absolute Gasteiger partial charge is 0.0510 e. The summed E-state index contributed by atoms with van der Waals surface area (Å²) in [5.41, 5.74) is 5.95. The molecule has 0 spiro atoms. The maximum Gasteiger partial charge on any atom is 0.0510 e. The molecule has 0 amide bonds. The molecular formula is C13H27N3O. The van der Waals surface area contributed by atoms with E-state index in [9.17, 15) is 0 Å². The highest BCUT2D eigenvalue weighted by Crippen LogP contribution is 2.26. The van der Waals surface area contributed by atoms with Crippen LogP contribution < -0.4 is 5.73 Å². The summed E-state index contributed by atoms with van der Waals surface area (Å²) >= 11 is 0. The van der Waals surface area contributed by atoms with E-state index in [1.165, 1.54) is 19.4 Å². The zero-order valence-electron chi connectivity index (χ0n) is 11.3. The van der Waals surface area contributed by atoms with Crippen LogP contribution in [0.4, 0.5) is 0 Å². The van der Waals surface area contributed by atoms with Crippen LogP contribution in [0.15, 0.2) is 0 Å². The lowest BCUT2D eigenvalue weighted by Crippen LogP contribution is -2.59. The lowest BCUT2D eigenvalue weighted by molar-refractivity contribution is 0.0267. The van der Waals surface area contributed by atoms with Crippen LogP contribution in [0.1, 0.15) is 19.8 Å². The van der Waals surface area contributed by atoms with Crippen LogP contribution in [0.3, 0.4) is 0 Å². The van der Waals surface area contributed by atoms with E-state index in [0.717, 1.165) is 38.8 Å². The van der Waals surface area contributed by atoms with Gasteiger partial charge in [0.1, 0.15) is 0 Å². The number of hydrogen-bond donors (Lipinski definition) is 1. The van der Waals surface area contributed by atoms with Crippen LogP contribution in [-0.2, 0) is 4.74 Å². The Morgan fingerprint density at radius 3 is 2.82 bits per heavy atom. The highest BCUT2D eigenvalue weighted by atomic mass is 16.5. The van der Waals surface area contributed by atoms with E-state index in [1.807, 2.05) is 0 Å². The molecule has 2 heterocycles. The minimum atomic E-state index is 0.527. The average Bonchev–Trinajstić information content (AvgIpc) is 2.85. The van der Waals surface area contributed by atoms with E-state index in [0.29, 0.717) is 12.1 Å². The Kier molecular flexibility index (Phi) is 4.79. The van der Waals surface area contributed by atoms with Crippen molar-refractivity contribution in [2.45, 2.75) is 31.8 Å². The fourth-order valence-electron chi connectivity index (χ4n) is 3.37. The van der Waals surface area contributed by atoms with Gasteiger partial charge in [-0.2, -0.15) is 0 Å². The van der Waals surface area contributed by atoms with E-state index in [4.69, 9.17) is 10.5 Å². The van der Waals surface area contributed by atoms with Gasteiger partial charge in [-0.05, 0) is 25.8 Å². The first-order valence-corrected chi connectivity index (χ1v) is 6.98. The summed E-state index contributed by atoms with van der Waals surface area (Å²) in [6, 6.07) is 1.19. The number of rotatable bonds is 4. The summed E-state index contributed by atoms with van der Waals surface area (Å²) in [6.45, 7) is 8.40. The summed E-state index contributed by atoms with van der Waals surface area (Å²) in [7, 11) is 2.19. The Hall–Kier alpha value is -0.160. The van der Waals surface area contributed by atoms with Gasteiger partial charge < -0.3 is 15.4 Å². The number of hydrogen-bond acceptors (Lipinski definition) is 4. The molecule has 2 rings (SSSR count). The minimum absolute atomic E-state index is 0.527. The second-order valence-corrected chi connectivity index (χ2v) is 5.49.